The second-order valence-corrected chi connectivity index (χ2v) is 7.24. The number of rotatable bonds is 4. The first kappa shape index (κ1) is 18.9. The van der Waals surface area contributed by atoms with Crippen LogP contribution in [-0.2, 0) is 6.42 Å². The van der Waals surface area contributed by atoms with E-state index in [1.165, 1.54) is 0 Å². The summed E-state index contributed by atoms with van der Waals surface area (Å²) in [5.74, 6) is -0.171. The van der Waals surface area contributed by atoms with Crippen molar-refractivity contribution in [2.75, 3.05) is 5.32 Å². The zero-order chi connectivity index (χ0) is 20.5. The van der Waals surface area contributed by atoms with E-state index in [0.29, 0.717) is 5.56 Å². The van der Waals surface area contributed by atoms with Crippen LogP contribution in [0.3, 0.4) is 0 Å². The van der Waals surface area contributed by atoms with Gasteiger partial charge >= 0.3 is 0 Å². The second-order valence-electron chi connectivity index (χ2n) is 7.24. The van der Waals surface area contributed by atoms with Crippen molar-refractivity contribution >= 4 is 17.2 Å². The summed E-state index contributed by atoms with van der Waals surface area (Å²) in [5, 5.41) is 7.75. The number of aryl methyl sites for hydroxylation is 4. The molecule has 146 valence electrons. The first-order valence-electron chi connectivity index (χ1n) is 9.81. The van der Waals surface area contributed by atoms with Crippen molar-refractivity contribution in [3.8, 4) is 11.1 Å². The Kier molecular flexibility index (Phi) is 4.89. The molecule has 2 heterocycles. The van der Waals surface area contributed by atoms with Crippen LogP contribution in [0.25, 0.3) is 16.8 Å². The standard InChI is InChI=1S/C24H24N4O/c1-5-18-13-9-10-15(2)22(18)26-24(29)20-14-25-23-21(19-11-7-6-8-12-19)16(3)27-28(23)17(20)4/h6-14H,5H2,1-4H3,(H,26,29). The first-order valence-corrected chi connectivity index (χ1v) is 9.81. The third-order valence-corrected chi connectivity index (χ3v) is 5.35. The maximum atomic E-state index is 13.1. The van der Waals surface area contributed by atoms with Crippen molar-refractivity contribution in [1.82, 2.24) is 14.6 Å². The van der Waals surface area contributed by atoms with E-state index in [9.17, 15) is 4.79 Å². The third-order valence-electron chi connectivity index (χ3n) is 5.35. The lowest BCUT2D eigenvalue weighted by Gasteiger charge is -2.14. The number of para-hydroxylation sites is 1. The Balaban J connectivity index is 1.77. The van der Waals surface area contributed by atoms with Crippen molar-refractivity contribution in [2.45, 2.75) is 34.1 Å². The number of carbonyl (C=O) groups excluding carboxylic acids is 1. The Hall–Kier alpha value is -3.47. The zero-order valence-corrected chi connectivity index (χ0v) is 17.2. The van der Waals surface area contributed by atoms with Gasteiger partial charge in [-0.15, -0.1) is 0 Å². The van der Waals surface area contributed by atoms with Crippen molar-refractivity contribution in [3.05, 3.63) is 82.8 Å². The smallest absolute Gasteiger partial charge is 0.259 e. The summed E-state index contributed by atoms with van der Waals surface area (Å²) in [6.07, 6.45) is 2.50. The van der Waals surface area contributed by atoms with Crippen molar-refractivity contribution < 1.29 is 4.79 Å². The molecule has 5 heteroatoms. The summed E-state index contributed by atoms with van der Waals surface area (Å²) in [7, 11) is 0. The molecule has 0 bridgehead atoms. The van der Waals surface area contributed by atoms with Crippen LogP contribution in [0.5, 0.6) is 0 Å². The molecule has 0 aliphatic carbocycles. The Labute approximate surface area is 170 Å². The molecule has 4 aromatic rings. The molecule has 0 spiro atoms. The minimum Gasteiger partial charge on any atom is -0.321 e. The van der Waals surface area contributed by atoms with Gasteiger partial charge in [-0.2, -0.15) is 5.10 Å². The molecule has 0 radical (unpaired) electrons. The number of nitrogens with one attached hydrogen (secondary N) is 1. The molecule has 0 atom stereocenters. The van der Waals surface area contributed by atoms with Crippen LogP contribution in [0, 0.1) is 20.8 Å². The van der Waals surface area contributed by atoms with Crippen LogP contribution >= 0.6 is 0 Å². The molecular weight excluding hydrogens is 360 g/mol. The molecule has 0 fully saturated rings. The van der Waals surface area contributed by atoms with Gasteiger partial charge in [-0.1, -0.05) is 55.5 Å². The number of hydrogen-bond acceptors (Lipinski definition) is 3. The molecular formula is C24H24N4O. The van der Waals surface area contributed by atoms with Crippen molar-refractivity contribution in [3.63, 3.8) is 0 Å². The Morgan fingerprint density at radius 3 is 2.52 bits per heavy atom. The van der Waals surface area contributed by atoms with Gasteiger partial charge in [-0.25, -0.2) is 9.50 Å². The van der Waals surface area contributed by atoms with Crippen LogP contribution in [-0.4, -0.2) is 20.5 Å². The van der Waals surface area contributed by atoms with Crippen LogP contribution in [0.15, 0.2) is 54.7 Å². The van der Waals surface area contributed by atoms with Gasteiger partial charge in [0.1, 0.15) is 0 Å². The van der Waals surface area contributed by atoms with E-state index in [1.54, 1.807) is 10.7 Å². The normalized spacial score (nSPS) is 11.0. The van der Waals surface area contributed by atoms with E-state index >= 15 is 0 Å². The monoisotopic (exact) mass is 384 g/mol. The molecule has 0 aliphatic heterocycles. The highest BCUT2D eigenvalue weighted by molar-refractivity contribution is 6.06. The number of nitrogens with zero attached hydrogens (tertiary/aromatic N) is 3. The number of anilines is 1. The highest BCUT2D eigenvalue weighted by atomic mass is 16.1. The molecule has 0 saturated heterocycles. The number of carbonyl (C=O) groups is 1. The minimum absolute atomic E-state index is 0.171. The lowest BCUT2D eigenvalue weighted by Crippen LogP contribution is -2.17. The summed E-state index contributed by atoms with van der Waals surface area (Å²) in [6.45, 7) is 7.97. The number of aromatic nitrogens is 3. The molecule has 2 aromatic heterocycles. The SMILES string of the molecule is CCc1cccc(C)c1NC(=O)c1cnc2c(-c3ccccc3)c(C)nn2c1C. The summed E-state index contributed by atoms with van der Waals surface area (Å²) < 4.78 is 1.77. The predicted molar refractivity (Wildman–Crippen MR) is 116 cm³/mol. The largest absolute Gasteiger partial charge is 0.321 e. The van der Waals surface area contributed by atoms with E-state index in [1.807, 2.05) is 69.3 Å². The van der Waals surface area contributed by atoms with Gasteiger partial charge in [0.25, 0.3) is 5.91 Å². The van der Waals surface area contributed by atoms with Crippen LogP contribution in [0.4, 0.5) is 5.69 Å². The number of amides is 1. The Morgan fingerprint density at radius 1 is 1.03 bits per heavy atom. The van der Waals surface area contributed by atoms with Gasteiger partial charge in [0.05, 0.1) is 17.0 Å². The summed E-state index contributed by atoms with van der Waals surface area (Å²) >= 11 is 0. The molecule has 4 rings (SSSR count). The van der Waals surface area contributed by atoms with E-state index in [0.717, 1.165) is 51.4 Å². The molecule has 1 N–H and O–H groups in total. The van der Waals surface area contributed by atoms with Gasteiger partial charge < -0.3 is 5.32 Å². The second kappa shape index (κ2) is 7.51. The fraction of sp³-hybridized carbons (Fsp3) is 0.208. The molecule has 0 saturated carbocycles. The van der Waals surface area contributed by atoms with E-state index in [-0.39, 0.29) is 5.91 Å². The van der Waals surface area contributed by atoms with Gasteiger partial charge in [0, 0.05) is 17.4 Å². The van der Waals surface area contributed by atoms with Crippen LogP contribution < -0.4 is 5.32 Å². The molecule has 0 unspecified atom stereocenters. The molecule has 29 heavy (non-hydrogen) atoms. The van der Waals surface area contributed by atoms with Crippen molar-refractivity contribution in [2.24, 2.45) is 0 Å². The number of fused-ring (bicyclic) bond motifs is 1. The average molecular weight is 384 g/mol. The zero-order valence-electron chi connectivity index (χ0n) is 17.2. The van der Waals surface area contributed by atoms with Gasteiger partial charge in [0.15, 0.2) is 5.65 Å². The van der Waals surface area contributed by atoms with E-state index < -0.39 is 0 Å². The predicted octanol–water partition coefficient (Wildman–Crippen LogP) is 5.14. The van der Waals surface area contributed by atoms with Crippen LogP contribution in [0.1, 0.15) is 39.8 Å². The fourth-order valence-electron chi connectivity index (χ4n) is 3.75. The highest BCUT2D eigenvalue weighted by Gasteiger charge is 2.19. The highest BCUT2D eigenvalue weighted by Crippen LogP contribution is 2.28. The maximum absolute atomic E-state index is 13.1. The quantitative estimate of drug-likeness (QED) is 0.530. The van der Waals surface area contributed by atoms with Gasteiger partial charge in [-0.05, 0) is 43.9 Å². The average Bonchev–Trinajstić information content (AvgIpc) is 3.07. The van der Waals surface area contributed by atoms with Gasteiger partial charge in [0.2, 0.25) is 0 Å². The number of hydrogen-bond donors (Lipinski definition) is 1. The number of benzene rings is 2. The third kappa shape index (κ3) is 3.29. The Bertz CT molecular complexity index is 1210. The minimum atomic E-state index is -0.171. The van der Waals surface area contributed by atoms with E-state index in [2.05, 4.69) is 22.3 Å². The van der Waals surface area contributed by atoms with Gasteiger partial charge in [-0.3, -0.25) is 4.79 Å². The molecule has 5 nitrogen and oxygen atoms in total. The lowest BCUT2D eigenvalue weighted by atomic mass is 10.1. The maximum Gasteiger partial charge on any atom is 0.259 e. The summed E-state index contributed by atoms with van der Waals surface area (Å²) in [4.78, 5) is 17.7. The summed E-state index contributed by atoms with van der Waals surface area (Å²) in [6, 6.07) is 16.1. The van der Waals surface area contributed by atoms with E-state index in [4.69, 9.17) is 0 Å². The molecule has 2 aromatic carbocycles. The lowest BCUT2D eigenvalue weighted by molar-refractivity contribution is 0.102. The topological polar surface area (TPSA) is 59.3 Å². The Morgan fingerprint density at radius 2 is 1.79 bits per heavy atom. The first-order chi connectivity index (χ1) is 14.0. The molecule has 0 aliphatic rings. The van der Waals surface area contributed by atoms with Crippen LogP contribution in [0.2, 0.25) is 0 Å². The molecule has 1 amide bonds. The summed E-state index contributed by atoms with van der Waals surface area (Å²) in [5.41, 5.74) is 8.03. The fourth-order valence-corrected chi connectivity index (χ4v) is 3.75. The van der Waals surface area contributed by atoms with Crippen molar-refractivity contribution in [1.29, 1.82) is 0 Å².